The molecule has 16 heavy (non-hydrogen) atoms. The first kappa shape index (κ1) is 13.4. The van der Waals surface area contributed by atoms with E-state index in [-0.39, 0.29) is 6.04 Å². The minimum absolute atomic E-state index is 0.0447. The van der Waals surface area contributed by atoms with E-state index in [0.717, 1.165) is 28.6 Å². The Balaban J connectivity index is 2.32. The predicted octanol–water partition coefficient (Wildman–Crippen LogP) is 3.32. The van der Waals surface area contributed by atoms with E-state index in [4.69, 9.17) is 16.9 Å². The summed E-state index contributed by atoms with van der Waals surface area (Å²) in [6, 6.07) is 9.99. The summed E-state index contributed by atoms with van der Waals surface area (Å²) in [7, 11) is 0. The first-order valence-electron chi connectivity index (χ1n) is 5.27. The standard InChI is InChI=1S/C12H15ClN2S/c1-2-15-11(9-14)6-7-16-12-5-3-4-10(13)8-12/h3-5,8,11,15H,2,6-7H2,1H3. The van der Waals surface area contributed by atoms with Gasteiger partial charge in [0.2, 0.25) is 0 Å². The van der Waals surface area contributed by atoms with Crippen molar-refractivity contribution in [2.45, 2.75) is 24.3 Å². The third-order valence-electron chi connectivity index (χ3n) is 2.08. The first-order valence-corrected chi connectivity index (χ1v) is 6.64. The Hall–Kier alpha value is -0.690. The van der Waals surface area contributed by atoms with Gasteiger partial charge in [-0.2, -0.15) is 5.26 Å². The molecule has 0 saturated heterocycles. The Kier molecular flexibility index (Phi) is 6.32. The number of rotatable bonds is 6. The third kappa shape index (κ3) is 4.89. The molecular formula is C12H15ClN2S. The fourth-order valence-corrected chi connectivity index (χ4v) is 2.54. The largest absolute Gasteiger partial charge is 0.302 e. The Bertz CT molecular complexity index is 362. The molecule has 0 heterocycles. The monoisotopic (exact) mass is 254 g/mol. The zero-order valence-corrected chi connectivity index (χ0v) is 10.8. The molecule has 0 aromatic heterocycles. The molecule has 1 N–H and O–H groups in total. The number of hydrogen-bond acceptors (Lipinski definition) is 3. The van der Waals surface area contributed by atoms with Gasteiger partial charge in [-0.15, -0.1) is 11.8 Å². The van der Waals surface area contributed by atoms with Gasteiger partial charge in [-0.05, 0) is 31.2 Å². The second-order valence-corrected chi connectivity index (χ2v) is 4.94. The molecule has 1 atom stereocenters. The van der Waals surface area contributed by atoms with E-state index in [1.54, 1.807) is 11.8 Å². The lowest BCUT2D eigenvalue weighted by atomic mass is 10.2. The van der Waals surface area contributed by atoms with Crippen LogP contribution in [0.3, 0.4) is 0 Å². The van der Waals surface area contributed by atoms with Gasteiger partial charge < -0.3 is 5.32 Å². The Labute approximate surface area is 106 Å². The topological polar surface area (TPSA) is 35.8 Å². The van der Waals surface area contributed by atoms with E-state index in [1.165, 1.54) is 0 Å². The van der Waals surface area contributed by atoms with Gasteiger partial charge in [-0.25, -0.2) is 0 Å². The lowest BCUT2D eigenvalue weighted by Crippen LogP contribution is -2.27. The smallest absolute Gasteiger partial charge is 0.0960 e. The molecule has 0 fully saturated rings. The molecule has 4 heteroatoms. The average molecular weight is 255 g/mol. The zero-order valence-electron chi connectivity index (χ0n) is 9.24. The minimum atomic E-state index is -0.0447. The molecule has 0 radical (unpaired) electrons. The number of halogens is 1. The Morgan fingerprint density at radius 3 is 3.00 bits per heavy atom. The predicted molar refractivity (Wildman–Crippen MR) is 69.9 cm³/mol. The van der Waals surface area contributed by atoms with Crippen molar-refractivity contribution < 1.29 is 0 Å². The Morgan fingerprint density at radius 1 is 1.56 bits per heavy atom. The van der Waals surface area contributed by atoms with E-state index in [2.05, 4.69) is 11.4 Å². The number of benzene rings is 1. The zero-order chi connectivity index (χ0) is 11.8. The van der Waals surface area contributed by atoms with Crippen LogP contribution in [0.15, 0.2) is 29.2 Å². The van der Waals surface area contributed by atoms with Crippen LogP contribution in [-0.4, -0.2) is 18.3 Å². The van der Waals surface area contributed by atoms with Crippen LogP contribution in [0.1, 0.15) is 13.3 Å². The van der Waals surface area contributed by atoms with Gasteiger partial charge in [0.25, 0.3) is 0 Å². The molecule has 0 aliphatic heterocycles. The summed E-state index contributed by atoms with van der Waals surface area (Å²) in [6.07, 6.45) is 0.849. The summed E-state index contributed by atoms with van der Waals surface area (Å²) in [4.78, 5) is 1.15. The number of nitrogens with one attached hydrogen (secondary N) is 1. The summed E-state index contributed by atoms with van der Waals surface area (Å²) < 4.78 is 0. The van der Waals surface area contributed by atoms with Gasteiger partial charge in [0.15, 0.2) is 0 Å². The maximum Gasteiger partial charge on any atom is 0.0960 e. The van der Waals surface area contributed by atoms with Crippen molar-refractivity contribution in [1.82, 2.24) is 5.32 Å². The quantitative estimate of drug-likeness (QED) is 0.791. The van der Waals surface area contributed by atoms with Crippen molar-refractivity contribution in [3.8, 4) is 6.07 Å². The summed E-state index contributed by atoms with van der Waals surface area (Å²) in [5, 5.41) is 12.7. The lowest BCUT2D eigenvalue weighted by molar-refractivity contribution is 0.613. The van der Waals surface area contributed by atoms with Gasteiger partial charge >= 0.3 is 0 Å². The van der Waals surface area contributed by atoms with Crippen molar-refractivity contribution in [2.75, 3.05) is 12.3 Å². The van der Waals surface area contributed by atoms with Crippen molar-refractivity contribution in [3.63, 3.8) is 0 Å². The lowest BCUT2D eigenvalue weighted by Gasteiger charge is -2.08. The van der Waals surface area contributed by atoms with Crippen LogP contribution in [0.25, 0.3) is 0 Å². The van der Waals surface area contributed by atoms with E-state index < -0.39 is 0 Å². The molecule has 0 saturated carbocycles. The molecule has 0 amide bonds. The highest BCUT2D eigenvalue weighted by molar-refractivity contribution is 7.99. The highest BCUT2D eigenvalue weighted by Gasteiger charge is 2.04. The van der Waals surface area contributed by atoms with Crippen LogP contribution in [0.4, 0.5) is 0 Å². The van der Waals surface area contributed by atoms with E-state index in [1.807, 2.05) is 31.2 Å². The van der Waals surface area contributed by atoms with Crippen molar-refractivity contribution >= 4 is 23.4 Å². The third-order valence-corrected chi connectivity index (χ3v) is 3.34. The first-order chi connectivity index (χ1) is 7.76. The van der Waals surface area contributed by atoms with Gasteiger partial charge in [-0.1, -0.05) is 24.6 Å². The molecule has 1 aromatic carbocycles. The maximum atomic E-state index is 8.86. The molecule has 86 valence electrons. The van der Waals surface area contributed by atoms with Crippen LogP contribution in [0.2, 0.25) is 5.02 Å². The van der Waals surface area contributed by atoms with Crippen molar-refractivity contribution in [3.05, 3.63) is 29.3 Å². The summed E-state index contributed by atoms with van der Waals surface area (Å²) >= 11 is 7.61. The van der Waals surface area contributed by atoms with Gasteiger partial charge in [0.05, 0.1) is 12.1 Å². The number of hydrogen-bond donors (Lipinski definition) is 1. The SMILES string of the molecule is CCNC(C#N)CCSc1cccc(Cl)c1. The fourth-order valence-electron chi connectivity index (χ4n) is 1.31. The molecule has 0 bridgehead atoms. The average Bonchev–Trinajstić information content (AvgIpc) is 2.28. The molecule has 1 rings (SSSR count). The van der Waals surface area contributed by atoms with Gasteiger partial charge in [0, 0.05) is 15.7 Å². The number of nitrogens with zero attached hydrogens (tertiary/aromatic N) is 1. The highest BCUT2D eigenvalue weighted by Crippen LogP contribution is 2.22. The highest BCUT2D eigenvalue weighted by atomic mass is 35.5. The maximum absolute atomic E-state index is 8.86. The normalized spacial score (nSPS) is 12.1. The van der Waals surface area contributed by atoms with Gasteiger partial charge in [0.1, 0.15) is 0 Å². The number of thioether (sulfide) groups is 1. The van der Waals surface area contributed by atoms with Gasteiger partial charge in [-0.3, -0.25) is 0 Å². The summed E-state index contributed by atoms with van der Waals surface area (Å²) in [5.41, 5.74) is 0. The molecule has 0 aliphatic rings. The summed E-state index contributed by atoms with van der Waals surface area (Å²) in [6.45, 7) is 2.84. The van der Waals surface area contributed by atoms with Crippen LogP contribution in [0.5, 0.6) is 0 Å². The number of nitriles is 1. The Morgan fingerprint density at radius 2 is 2.38 bits per heavy atom. The van der Waals surface area contributed by atoms with Crippen LogP contribution >= 0.6 is 23.4 Å². The molecule has 1 unspecified atom stereocenters. The fraction of sp³-hybridized carbons (Fsp3) is 0.417. The molecular weight excluding hydrogens is 240 g/mol. The van der Waals surface area contributed by atoms with Crippen molar-refractivity contribution in [1.29, 1.82) is 5.26 Å². The van der Waals surface area contributed by atoms with E-state index >= 15 is 0 Å². The van der Waals surface area contributed by atoms with Crippen molar-refractivity contribution in [2.24, 2.45) is 0 Å². The minimum Gasteiger partial charge on any atom is -0.302 e. The molecule has 0 spiro atoms. The van der Waals surface area contributed by atoms with Crippen LogP contribution in [-0.2, 0) is 0 Å². The second kappa shape index (κ2) is 7.56. The van der Waals surface area contributed by atoms with Crippen LogP contribution in [0, 0.1) is 11.3 Å². The summed E-state index contributed by atoms with van der Waals surface area (Å²) in [5.74, 6) is 0.922. The van der Waals surface area contributed by atoms with E-state index in [9.17, 15) is 0 Å². The van der Waals surface area contributed by atoms with Crippen LogP contribution < -0.4 is 5.32 Å². The second-order valence-electron chi connectivity index (χ2n) is 3.33. The molecule has 0 aliphatic carbocycles. The molecule has 2 nitrogen and oxygen atoms in total. The van der Waals surface area contributed by atoms with E-state index in [0.29, 0.717) is 0 Å². The molecule has 1 aromatic rings.